The van der Waals surface area contributed by atoms with Crippen LogP contribution in [0.15, 0.2) is 83.3 Å². The summed E-state index contributed by atoms with van der Waals surface area (Å²) in [6.07, 6.45) is -1.16. The maximum atomic E-state index is 12.7. The third-order valence-corrected chi connectivity index (χ3v) is 5.28. The monoisotopic (exact) mass is 382 g/mol. The van der Waals surface area contributed by atoms with Crippen LogP contribution in [0.5, 0.6) is 0 Å². The molecular formula is C19H14N2O5S. The van der Waals surface area contributed by atoms with E-state index in [1.165, 1.54) is 12.1 Å². The third kappa shape index (κ3) is 3.11. The van der Waals surface area contributed by atoms with Gasteiger partial charge in [0.1, 0.15) is 4.90 Å². The van der Waals surface area contributed by atoms with Crippen LogP contribution < -0.4 is 5.73 Å². The Hall–Kier alpha value is -3.39. The summed E-state index contributed by atoms with van der Waals surface area (Å²) in [5.74, 6) is -1.63. The molecule has 1 aliphatic heterocycles. The first-order valence-electron chi connectivity index (χ1n) is 8.01. The summed E-state index contributed by atoms with van der Waals surface area (Å²) in [7, 11) is -4.21. The molecule has 0 bridgehead atoms. The summed E-state index contributed by atoms with van der Waals surface area (Å²) in [6, 6.07) is 18.3. The Morgan fingerprint density at radius 3 is 2.44 bits per heavy atom. The molecule has 0 saturated heterocycles. The fourth-order valence-corrected chi connectivity index (χ4v) is 3.69. The maximum Gasteiger partial charge on any atom is 0.339 e. The normalized spacial score (nSPS) is 17.2. The van der Waals surface area contributed by atoms with Gasteiger partial charge in [0.05, 0.1) is 11.2 Å². The van der Waals surface area contributed by atoms with E-state index in [0.29, 0.717) is 11.2 Å². The van der Waals surface area contributed by atoms with Crippen molar-refractivity contribution in [3.8, 4) is 0 Å². The van der Waals surface area contributed by atoms with Gasteiger partial charge in [-0.05, 0) is 24.3 Å². The predicted octanol–water partition coefficient (Wildman–Crippen LogP) is 2.41. The molecule has 1 atom stereocenters. The number of aromatic nitrogens is 1. The minimum atomic E-state index is -4.21. The Morgan fingerprint density at radius 1 is 0.963 bits per heavy atom. The fraction of sp³-hybridized carbons (Fsp3) is 0.0526. The van der Waals surface area contributed by atoms with Crippen LogP contribution in [-0.4, -0.2) is 19.2 Å². The largest absolute Gasteiger partial charge is 0.458 e. The minimum absolute atomic E-state index is 0.0922. The van der Waals surface area contributed by atoms with Gasteiger partial charge in [-0.3, -0.25) is 4.79 Å². The highest BCUT2D eigenvalue weighted by atomic mass is 32.2. The summed E-state index contributed by atoms with van der Waals surface area (Å²) in [5.41, 5.74) is 6.71. The molecule has 8 heteroatoms. The Kier molecular flexibility index (Phi) is 4.04. The van der Waals surface area contributed by atoms with Crippen molar-refractivity contribution in [3.63, 3.8) is 0 Å². The number of nitrogens with zero attached hydrogens (tertiary/aromatic N) is 1. The molecule has 27 heavy (non-hydrogen) atoms. The lowest BCUT2D eigenvalue weighted by molar-refractivity contribution is -0.123. The number of nitrogens with two attached hydrogens (primary N) is 1. The van der Waals surface area contributed by atoms with Crippen LogP contribution in [0.1, 0.15) is 11.8 Å². The van der Waals surface area contributed by atoms with Crippen LogP contribution in [0.3, 0.4) is 0 Å². The molecule has 1 unspecified atom stereocenters. The van der Waals surface area contributed by atoms with Crippen molar-refractivity contribution in [1.29, 1.82) is 0 Å². The fourth-order valence-electron chi connectivity index (χ4n) is 2.72. The quantitative estimate of drug-likeness (QED) is 0.690. The zero-order valence-corrected chi connectivity index (χ0v) is 14.7. The van der Waals surface area contributed by atoms with Crippen molar-refractivity contribution >= 4 is 26.8 Å². The van der Waals surface area contributed by atoms with Crippen LogP contribution in [0.4, 0.5) is 0 Å². The molecule has 2 aromatic carbocycles. The molecule has 0 spiro atoms. The Labute approximate surface area is 155 Å². The maximum absolute atomic E-state index is 12.7. The summed E-state index contributed by atoms with van der Waals surface area (Å²) < 4.78 is 35.1. The van der Waals surface area contributed by atoms with E-state index in [9.17, 15) is 13.2 Å². The van der Waals surface area contributed by atoms with Crippen molar-refractivity contribution in [3.05, 3.63) is 84.1 Å². The first kappa shape index (κ1) is 17.0. The second kappa shape index (κ2) is 6.40. The van der Waals surface area contributed by atoms with E-state index in [1.807, 2.05) is 18.2 Å². The van der Waals surface area contributed by atoms with Crippen molar-refractivity contribution in [2.24, 2.45) is 5.73 Å². The smallest absolute Gasteiger partial charge is 0.339 e. The molecule has 2 N–H and O–H groups in total. The number of benzene rings is 2. The summed E-state index contributed by atoms with van der Waals surface area (Å²) in [4.78, 5) is 17.0. The summed E-state index contributed by atoms with van der Waals surface area (Å²) in [6.45, 7) is 0. The standard InChI is InChI=1S/C19H14N2O5S/c20-19-18(26-27(23,24)13-7-2-1-3-8-13)16(22)17(25-19)15-11-10-12-6-4-5-9-14(12)21-15/h1-11,17H,20H2. The van der Waals surface area contributed by atoms with Crippen LogP contribution >= 0.6 is 0 Å². The highest BCUT2D eigenvalue weighted by Crippen LogP contribution is 2.33. The van der Waals surface area contributed by atoms with Crippen LogP contribution in [0, 0.1) is 0 Å². The van der Waals surface area contributed by atoms with Gasteiger partial charge >= 0.3 is 10.1 Å². The van der Waals surface area contributed by atoms with E-state index in [4.69, 9.17) is 14.7 Å². The average molecular weight is 382 g/mol. The van der Waals surface area contributed by atoms with Gasteiger partial charge in [-0.25, -0.2) is 4.98 Å². The van der Waals surface area contributed by atoms with Crippen molar-refractivity contribution in [2.75, 3.05) is 0 Å². The summed E-state index contributed by atoms with van der Waals surface area (Å²) in [5, 5.41) is 0.899. The molecule has 7 nitrogen and oxygen atoms in total. The highest BCUT2D eigenvalue weighted by Gasteiger charge is 2.40. The van der Waals surface area contributed by atoms with Gasteiger partial charge in [-0.1, -0.05) is 42.5 Å². The first-order chi connectivity index (χ1) is 13.0. The number of para-hydroxylation sites is 1. The molecule has 4 rings (SSSR count). The van der Waals surface area contributed by atoms with Crippen LogP contribution in [0.25, 0.3) is 10.9 Å². The Morgan fingerprint density at radius 2 is 1.67 bits per heavy atom. The zero-order valence-electron chi connectivity index (χ0n) is 13.9. The van der Waals surface area contributed by atoms with Gasteiger partial charge in [-0.2, -0.15) is 8.42 Å². The van der Waals surface area contributed by atoms with E-state index < -0.39 is 27.8 Å². The van der Waals surface area contributed by atoms with E-state index in [2.05, 4.69) is 4.98 Å². The van der Waals surface area contributed by atoms with E-state index in [1.54, 1.807) is 36.4 Å². The predicted molar refractivity (Wildman–Crippen MR) is 96.5 cm³/mol. The van der Waals surface area contributed by atoms with E-state index in [0.717, 1.165) is 5.39 Å². The lowest BCUT2D eigenvalue weighted by Crippen LogP contribution is -2.16. The molecule has 0 fully saturated rings. The second-order valence-corrected chi connectivity index (χ2v) is 7.38. The topological polar surface area (TPSA) is 109 Å². The molecular weight excluding hydrogens is 368 g/mol. The van der Waals surface area contributed by atoms with E-state index in [-0.39, 0.29) is 10.8 Å². The number of ether oxygens (including phenoxy) is 1. The average Bonchev–Trinajstić information content (AvgIpc) is 2.96. The number of carbonyl (C=O) groups is 1. The second-order valence-electron chi connectivity index (χ2n) is 5.83. The number of hydrogen-bond acceptors (Lipinski definition) is 7. The van der Waals surface area contributed by atoms with Gasteiger partial charge in [0.15, 0.2) is 0 Å². The molecule has 0 saturated carbocycles. The minimum Gasteiger partial charge on any atom is -0.458 e. The number of ketones is 1. The summed E-state index contributed by atoms with van der Waals surface area (Å²) >= 11 is 0. The zero-order chi connectivity index (χ0) is 19.0. The lowest BCUT2D eigenvalue weighted by Gasteiger charge is -2.10. The molecule has 1 aliphatic rings. The molecule has 2 heterocycles. The number of hydrogen-bond donors (Lipinski definition) is 1. The third-order valence-electron chi connectivity index (χ3n) is 4.04. The lowest BCUT2D eigenvalue weighted by atomic mass is 10.1. The Balaban J connectivity index is 1.63. The van der Waals surface area contributed by atoms with Crippen molar-refractivity contribution in [1.82, 2.24) is 4.98 Å². The first-order valence-corrected chi connectivity index (χ1v) is 9.42. The van der Waals surface area contributed by atoms with Gasteiger partial charge in [0.25, 0.3) is 5.78 Å². The van der Waals surface area contributed by atoms with Gasteiger partial charge in [0.2, 0.25) is 17.7 Å². The van der Waals surface area contributed by atoms with Gasteiger partial charge < -0.3 is 14.7 Å². The van der Waals surface area contributed by atoms with Crippen molar-refractivity contribution in [2.45, 2.75) is 11.0 Å². The molecule has 0 radical (unpaired) electrons. The number of fused-ring (bicyclic) bond motifs is 1. The number of pyridine rings is 1. The SMILES string of the molecule is NC1=C(OS(=O)(=O)c2ccccc2)C(=O)C(c2ccc3ccccc3n2)O1. The number of rotatable bonds is 4. The van der Waals surface area contributed by atoms with E-state index >= 15 is 0 Å². The Bertz CT molecular complexity index is 1170. The molecule has 3 aromatic rings. The highest BCUT2D eigenvalue weighted by molar-refractivity contribution is 7.86. The molecule has 136 valence electrons. The van der Waals surface area contributed by atoms with Crippen LogP contribution in [-0.2, 0) is 23.8 Å². The number of carbonyl (C=O) groups excluding carboxylic acids is 1. The molecule has 1 aromatic heterocycles. The molecule has 0 amide bonds. The number of Topliss-reactive ketones (excluding diaryl/α,β-unsaturated/α-hetero) is 1. The van der Waals surface area contributed by atoms with Crippen LogP contribution in [0.2, 0.25) is 0 Å². The van der Waals surface area contributed by atoms with Crippen molar-refractivity contribution < 1.29 is 22.1 Å². The molecule has 0 aliphatic carbocycles. The van der Waals surface area contributed by atoms with Gasteiger partial charge in [-0.15, -0.1) is 0 Å². The van der Waals surface area contributed by atoms with Gasteiger partial charge in [0, 0.05) is 5.39 Å².